The molecule has 1 saturated heterocycles. The summed E-state index contributed by atoms with van der Waals surface area (Å²) in [6.45, 7) is 12.0. The molecule has 4 heteroatoms. The Hall–Kier alpha value is -0.770. The molecule has 1 heterocycles. The van der Waals surface area contributed by atoms with Crippen molar-refractivity contribution in [3.63, 3.8) is 0 Å². The van der Waals surface area contributed by atoms with Gasteiger partial charge in [0.25, 0.3) is 0 Å². The van der Waals surface area contributed by atoms with Crippen molar-refractivity contribution in [2.45, 2.75) is 84.8 Å². The van der Waals surface area contributed by atoms with E-state index in [9.17, 15) is 4.79 Å². The molecule has 0 bridgehead atoms. The quantitative estimate of drug-likeness (QED) is 0.744. The van der Waals surface area contributed by atoms with Crippen LogP contribution >= 0.6 is 0 Å². The van der Waals surface area contributed by atoms with Crippen molar-refractivity contribution < 1.29 is 9.53 Å². The molecule has 0 spiro atoms. The van der Waals surface area contributed by atoms with Crippen LogP contribution in [0.1, 0.15) is 73.1 Å². The van der Waals surface area contributed by atoms with Crippen LogP contribution in [-0.4, -0.2) is 30.8 Å². The maximum Gasteiger partial charge on any atom is 0.407 e. The molecule has 4 nitrogen and oxygen atoms in total. The minimum Gasteiger partial charge on any atom is -0.444 e. The maximum absolute atomic E-state index is 11.9. The molecule has 1 aliphatic heterocycles. The molecule has 1 rings (SSSR count). The summed E-state index contributed by atoms with van der Waals surface area (Å²) in [5.41, 5.74) is -0.432. The molecule has 0 saturated carbocycles. The van der Waals surface area contributed by atoms with Crippen molar-refractivity contribution in [1.82, 2.24) is 10.6 Å². The molecule has 2 atom stereocenters. The molecule has 1 fully saturated rings. The highest BCUT2D eigenvalue weighted by Crippen LogP contribution is 2.25. The molecular formula is C18H36N2O2. The third-order valence-corrected chi connectivity index (χ3v) is 4.62. The van der Waals surface area contributed by atoms with Gasteiger partial charge in [-0.2, -0.15) is 0 Å². The van der Waals surface area contributed by atoms with Gasteiger partial charge in [0, 0.05) is 12.6 Å². The zero-order valence-corrected chi connectivity index (χ0v) is 15.2. The predicted octanol–water partition coefficient (Wildman–Crippen LogP) is 4.10. The van der Waals surface area contributed by atoms with Crippen molar-refractivity contribution in [2.75, 3.05) is 13.1 Å². The second-order valence-electron chi connectivity index (χ2n) is 7.62. The third-order valence-electron chi connectivity index (χ3n) is 4.62. The highest BCUT2D eigenvalue weighted by atomic mass is 16.6. The smallest absolute Gasteiger partial charge is 0.407 e. The van der Waals surface area contributed by atoms with E-state index < -0.39 is 5.60 Å². The van der Waals surface area contributed by atoms with E-state index in [2.05, 4.69) is 24.5 Å². The zero-order chi connectivity index (χ0) is 16.6. The van der Waals surface area contributed by atoms with Crippen molar-refractivity contribution in [3.8, 4) is 0 Å². The summed E-state index contributed by atoms with van der Waals surface area (Å²) >= 11 is 0. The molecule has 130 valence electrons. The molecule has 1 amide bonds. The minimum atomic E-state index is -0.432. The number of nitrogens with one attached hydrogen (secondary N) is 2. The highest BCUT2D eigenvalue weighted by Gasteiger charge is 2.26. The van der Waals surface area contributed by atoms with E-state index in [0.29, 0.717) is 18.5 Å². The first-order chi connectivity index (χ1) is 10.4. The van der Waals surface area contributed by atoms with Crippen LogP contribution in [-0.2, 0) is 4.74 Å². The standard InChI is InChI=1S/C18H36N2O2/c1-6-14(7-2)12-15(16-10-8-9-11-19-16)13-20-17(21)22-18(3,4)5/h14-16,19H,6-13H2,1-5H3,(H,20,21)/t15-,16-/m0/s1. The van der Waals surface area contributed by atoms with Gasteiger partial charge in [0.15, 0.2) is 0 Å². The van der Waals surface area contributed by atoms with Gasteiger partial charge in [-0.05, 0) is 58.4 Å². The largest absolute Gasteiger partial charge is 0.444 e. The summed E-state index contributed by atoms with van der Waals surface area (Å²) in [5.74, 6) is 1.24. The van der Waals surface area contributed by atoms with Crippen molar-refractivity contribution in [1.29, 1.82) is 0 Å². The fourth-order valence-corrected chi connectivity index (χ4v) is 3.25. The van der Waals surface area contributed by atoms with Crippen LogP contribution in [0.2, 0.25) is 0 Å². The molecular weight excluding hydrogens is 276 g/mol. The van der Waals surface area contributed by atoms with E-state index >= 15 is 0 Å². The monoisotopic (exact) mass is 312 g/mol. The van der Waals surface area contributed by atoms with E-state index in [0.717, 1.165) is 12.5 Å². The predicted molar refractivity (Wildman–Crippen MR) is 92.1 cm³/mol. The van der Waals surface area contributed by atoms with Crippen LogP contribution in [0.3, 0.4) is 0 Å². The summed E-state index contributed by atoms with van der Waals surface area (Å²) in [7, 11) is 0. The van der Waals surface area contributed by atoms with Crippen molar-refractivity contribution >= 4 is 6.09 Å². The first kappa shape index (κ1) is 19.3. The first-order valence-corrected chi connectivity index (χ1v) is 9.06. The minimum absolute atomic E-state index is 0.294. The Kier molecular flexibility index (Phi) is 8.23. The Bertz CT molecular complexity index is 316. The van der Waals surface area contributed by atoms with E-state index in [-0.39, 0.29) is 6.09 Å². The SMILES string of the molecule is CCC(CC)C[C@@H](CNC(=O)OC(C)(C)C)[C@@H]1CCCCN1. The zero-order valence-electron chi connectivity index (χ0n) is 15.2. The number of hydrogen-bond donors (Lipinski definition) is 2. The van der Waals surface area contributed by atoms with Gasteiger partial charge >= 0.3 is 6.09 Å². The van der Waals surface area contributed by atoms with Gasteiger partial charge in [0.2, 0.25) is 0 Å². The number of hydrogen-bond acceptors (Lipinski definition) is 3. The van der Waals surface area contributed by atoms with Gasteiger partial charge in [-0.25, -0.2) is 4.79 Å². The molecule has 0 radical (unpaired) electrons. The Labute approximate surface area is 136 Å². The number of piperidine rings is 1. The lowest BCUT2D eigenvalue weighted by molar-refractivity contribution is 0.0510. The number of carbonyl (C=O) groups excluding carboxylic acids is 1. The topological polar surface area (TPSA) is 50.4 Å². The van der Waals surface area contributed by atoms with Crippen LogP contribution in [0, 0.1) is 11.8 Å². The maximum atomic E-state index is 11.9. The Morgan fingerprint density at radius 1 is 1.27 bits per heavy atom. The van der Waals surface area contributed by atoms with Gasteiger partial charge in [-0.15, -0.1) is 0 Å². The van der Waals surface area contributed by atoms with E-state index in [1.165, 1.54) is 38.5 Å². The van der Waals surface area contributed by atoms with E-state index in [4.69, 9.17) is 4.74 Å². The van der Waals surface area contributed by atoms with Crippen LogP contribution in [0.5, 0.6) is 0 Å². The first-order valence-electron chi connectivity index (χ1n) is 9.06. The Morgan fingerprint density at radius 2 is 1.95 bits per heavy atom. The van der Waals surface area contributed by atoms with Gasteiger partial charge < -0.3 is 15.4 Å². The molecule has 1 aliphatic rings. The molecule has 0 aromatic rings. The molecule has 0 unspecified atom stereocenters. The normalized spacial score (nSPS) is 20.7. The summed E-state index contributed by atoms with van der Waals surface area (Å²) in [6.07, 6.45) is 7.11. The second-order valence-corrected chi connectivity index (χ2v) is 7.62. The number of rotatable bonds is 7. The number of amides is 1. The molecule has 2 N–H and O–H groups in total. The average molecular weight is 312 g/mol. The molecule has 22 heavy (non-hydrogen) atoms. The fourth-order valence-electron chi connectivity index (χ4n) is 3.25. The summed E-state index contributed by atoms with van der Waals surface area (Å²) in [4.78, 5) is 11.9. The van der Waals surface area contributed by atoms with Gasteiger partial charge in [-0.3, -0.25) is 0 Å². The van der Waals surface area contributed by atoms with Crippen LogP contribution < -0.4 is 10.6 Å². The van der Waals surface area contributed by atoms with Crippen LogP contribution in [0.15, 0.2) is 0 Å². The summed E-state index contributed by atoms with van der Waals surface area (Å²) < 4.78 is 5.36. The summed E-state index contributed by atoms with van der Waals surface area (Å²) in [6, 6.07) is 0.532. The Balaban J connectivity index is 2.55. The van der Waals surface area contributed by atoms with E-state index in [1.807, 2.05) is 20.8 Å². The number of carbonyl (C=O) groups is 1. The van der Waals surface area contributed by atoms with E-state index in [1.54, 1.807) is 0 Å². The van der Waals surface area contributed by atoms with Gasteiger partial charge in [-0.1, -0.05) is 33.1 Å². The van der Waals surface area contributed by atoms with Gasteiger partial charge in [0.05, 0.1) is 0 Å². The van der Waals surface area contributed by atoms with Crippen LogP contribution in [0.25, 0.3) is 0 Å². The lowest BCUT2D eigenvalue weighted by Gasteiger charge is -2.33. The average Bonchev–Trinajstić information content (AvgIpc) is 2.47. The van der Waals surface area contributed by atoms with Gasteiger partial charge in [0.1, 0.15) is 5.60 Å². The highest BCUT2D eigenvalue weighted by molar-refractivity contribution is 5.67. The molecule has 0 aromatic carbocycles. The fraction of sp³-hybridized carbons (Fsp3) is 0.944. The number of alkyl carbamates (subject to hydrolysis) is 1. The number of ether oxygens (including phenoxy) is 1. The second kappa shape index (κ2) is 9.39. The third kappa shape index (κ3) is 7.48. The lowest BCUT2D eigenvalue weighted by atomic mass is 9.83. The Morgan fingerprint density at radius 3 is 2.45 bits per heavy atom. The van der Waals surface area contributed by atoms with Crippen LogP contribution in [0.4, 0.5) is 4.79 Å². The summed E-state index contributed by atoms with van der Waals surface area (Å²) in [5, 5.41) is 6.64. The van der Waals surface area contributed by atoms with Crippen molar-refractivity contribution in [2.24, 2.45) is 11.8 Å². The molecule has 0 aliphatic carbocycles. The van der Waals surface area contributed by atoms with Crippen molar-refractivity contribution in [3.05, 3.63) is 0 Å². The molecule has 0 aromatic heterocycles. The lowest BCUT2D eigenvalue weighted by Crippen LogP contribution is -2.46.